The summed E-state index contributed by atoms with van der Waals surface area (Å²) in [6.07, 6.45) is 1.63. The second-order valence-corrected chi connectivity index (χ2v) is 6.57. The van der Waals surface area contributed by atoms with Gasteiger partial charge in [-0.25, -0.2) is 0 Å². The standard InChI is InChI=1S/C20H22ClN3O2/c1-24(12-10-15-6-3-4-9-18(15)25-2)13-11-19-22-20(23-26-19)16-7-5-8-17(21)14-16/h3-9,14H,10-13H2,1-2H3. The summed E-state index contributed by atoms with van der Waals surface area (Å²) in [6.45, 7) is 1.77. The van der Waals surface area contributed by atoms with Crippen molar-refractivity contribution in [3.63, 3.8) is 0 Å². The first-order valence-corrected chi connectivity index (χ1v) is 8.92. The van der Waals surface area contributed by atoms with E-state index in [1.54, 1.807) is 7.11 Å². The highest BCUT2D eigenvalue weighted by Crippen LogP contribution is 2.20. The highest BCUT2D eigenvalue weighted by atomic mass is 35.5. The lowest BCUT2D eigenvalue weighted by atomic mass is 10.1. The van der Waals surface area contributed by atoms with Crippen molar-refractivity contribution in [2.45, 2.75) is 12.8 Å². The Morgan fingerprint density at radius 2 is 1.88 bits per heavy atom. The van der Waals surface area contributed by atoms with Crippen LogP contribution in [-0.4, -0.2) is 42.3 Å². The van der Waals surface area contributed by atoms with Crippen LogP contribution in [-0.2, 0) is 12.8 Å². The Balaban J connectivity index is 1.51. The van der Waals surface area contributed by atoms with Gasteiger partial charge in [0.1, 0.15) is 5.75 Å². The van der Waals surface area contributed by atoms with Crippen LogP contribution in [0.5, 0.6) is 5.75 Å². The molecule has 6 heteroatoms. The molecular formula is C20H22ClN3O2. The Hall–Kier alpha value is -2.37. The molecule has 136 valence electrons. The molecule has 0 aliphatic heterocycles. The third-order valence-corrected chi connectivity index (χ3v) is 4.45. The van der Waals surface area contributed by atoms with Gasteiger partial charge in [0.15, 0.2) is 0 Å². The first-order valence-electron chi connectivity index (χ1n) is 8.54. The van der Waals surface area contributed by atoms with Gasteiger partial charge in [0, 0.05) is 30.1 Å². The zero-order chi connectivity index (χ0) is 18.4. The molecule has 0 atom stereocenters. The van der Waals surface area contributed by atoms with Crippen LogP contribution in [0.2, 0.25) is 5.02 Å². The largest absolute Gasteiger partial charge is 0.496 e. The molecule has 0 radical (unpaired) electrons. The Morgan fingerprint density at radius 1 is 1.08 bits per heavy atom. The highest BCUT2D eigenvalue weighted by Gasteiger charge is 2.10. The first-order chi connectivity index (χ1) is 12.7. The molecule has 0 aliphatic rings. The minimum Gasteiger partial charge on any atom is -0.496 e. The van der Waals surface area contributed by atoms with Crippen molar-refractivity contribution in [1.82, 2.24) is 15.0 Å². The lowest BCUT2D eigenvalue weighted by Crippen LogP contribution is -2.24. The molecule has 26 heavy (non-hydrogen) atoms. The minimum atomic E-state index is 0.569. The normalized spacial score (nSPS) is 11.1. The number of hydrogen-bond acceptors (Lipinski definition) is 5. The van der Waals surface area contributed by atoms with E-state index < -0.39 is 0 Å². The molecule has 0 amide bonds. The maximum Gasteiger partial charge on any atom is 0.228 e. The zero-order valence-electron chi connectivity index (χ0n) is 15.0. The molecule has 0 fully saturated rings. The van der Waals surface area contributed by atoms with E-state index in [1.165, 1.54) is 5.56 Å². The van der Waals surface area contributed by atoms with Gasteiger partial charge >= 0.3 is 0 Å². The quantitative estimate of drug-likeness (QED) is 0.596. The Morgan fingerprint density at radius 3 is 2.69 bits per heavy atom. The number of methoxy groups -OCH3 is 1. The number of benzene rings is 2. The molecule has 3 aromatic rings. The Kier molecular flexibility index (Phi) is 6.26. The summed E-state index contributed by atoms with van der Waals surface area (Å²) < 4.78 is 10.8. The fourth-order valence-corrected chi connectivity index (χ4v) is 2.91. The van der Waals surface area contributed by atoms with E-state index in [0.717, 1.165) is 30.8 Å². The molecule has 5 nitrogen and oxygen atoms in total. The number of hydrogen-bond donors (Lipinski definition) is 0. The van der Waals surface area contributed by atoms with E-state index in [2.05, 4.69) is 28.2 Å². The van der Waals surface area contributed by atoms with Gasteiger partial charge in [-0.05, 0) is 37.2 Å². The summed E-state index contributed by atoms with van der Waals surface area (Å²) >= 11 is 6.01. The number of likely N-dealkylation sites (N-methyl/N-ethyl adjacent to an activating group) is 1. The van der Waals surface area contributed by atoms with Gasteiger partial charge in [-0.1, -0.05) is 47.1 Å². The van der Waals surface area contributed by atoms with E-state index in [9.17, 15) is 0 Å². The molecule has 0 saturated heterocycles. The maximum absolute atomic E-state index is 6.01. The van der Waals surface area contributed by atoms with Crippen molar-refractivity contribution in [3.05, 3.63) is 65.0 Å². The highest BCUT2D eigenvalue weighted by molar-refractivity contribution is 6.30. The summed E-state index contributed by atoms with van der Waals surface area (Å²) in [7, 11) is 3.79. The summed E-state index contributed by atoms with van der Waals surface area (Å²) in [5.41, 5.74) is 2.07. The second kappa shape index (κ2) is 8.83. The molecular weight excluding hydrogens is 350 g/mol. The van der Waals surface area contributed by atoms with Gasteiger partial charge in [0.25, 0.3) is 0 Å². The second-order valence-electron chi connectivity index (χ2n) is 6.14. The number of rotatable bonds is 8. The van der Waals surface area contributed by atoms with Gasteiger partial charge in [0.05, 0.1) is 7.11 Å². The average molecular weight is 372 g/mol. The minimum absolute atomic E-state index is 0.569. The molecule has 0 saturated carbocycles. The number of halogens is 1. The summed E-state index contributed by atoms with van der Waals surface area (Å²) in [4.78, 5) is 6.70. The van der Waals surface area contributed by atoms with Crippen LogP contribution in [0.3, 0.4) is 0 Å². The molecule has 0 bridgehead atoms. The van der Waals surface area contributed by atoms with Crippen molar-refractivity contribution in [2.24, 2.45) is 0 Å². The van der Waals surface area contributed by atoms with Crippen LogP contribution in [0.25, 0.3) is 11.4 Å². The molecule has 1 heterocycles. The molecule has 2 aromatic carbocycles. The van der Waals surface area contributed by atoms with Crippen molar-refractivity contribution in [1.29, 1.82) is 0 Å². The zero-order valence-corrected chi connectivity index (χ0v) is 15.7. The first kappa shape index (κ1) is 18.4. The summed E-state index contributed by atoms with van der Waals surface area (Å²) in [5.74, 6) is 2.13. The van der Waals surface area contributed by atoms with E-state index in [0.29, 0.717) is 23.2 Å². The fourth-order valence-electron chi connectivity index (χ4n) is 2.72. The predicted octanol–water partition coefficient (Wildman–Crippen LogP) is 4.12. The predicted molar refractivity (Wildman–Crippen MR) is 103 cm³/mol. The molecule has 3 rings (SSSR count). The molecule has 1 aromatic heterocycles. The van der Waals surface area contributed by atoms with Crippen molar-refractivity contribution >= 4 is 11.6 Å². The van der Waals surface area contributed by atoms with Crippen molar-refractivity contribution in [3.8, 4) is 17.1 Å². The van der Waals surface area contributed by atoms with Crippen LogP contribution in [0.15, 0.2) is 53.1 Å². The maximum atomic E-state index is 6.01. The number of aromatic nitrogens is 2. The third-order valence-electron chi connectivity index (χ3n) is 4.21. The van der Waals surface area contributed by atoms with Gasteiger partial charge in [-0.2, -0.15) is 4.98 Å². The topological polar surface area (TPSA) is 51.4 Å². The number of para-hydroxylation sites is 1. The smallest absolute Gasteiger partial charge is 0.228 e. The van der Waals surface area contributed by atoms with E-state index in [1.807, 2.05) is 42.5 Å². The van der Waals surface area contributed by atoms with Crippen molar-refractivity contribution < 1.29 is 9.26 Å². The van der Waals surface area contributed by atoms with Crippen LogP contribution in [0, 0.1) is 0 Å². The summed E-state index contributed by atoms with van der Waals surface area (Å²) in [5, 5.41) is 4.70. The van der Waals surface area contributed by atoms with Gasteiger partial charge < -0.3 is 14.2 Å². The Bertz CT molecular complexity index is 850. The van der Waals surface area contributed by atoms with Gasteiger partial charge in [-0.3, -0.25) is 0 Å². The average Bonchev–Trinajstić information content (AvgIpc) is 3.14. The van der Waals surface area contributed by atoms with E-state index >= 15 is 0 Å². The molecule has 0 unspecified atom stereocenters. The number of nitrogens with zero attached hydrogens (tertiary/aromatic N) is 3. The van der Waals surface area contributed by atoms with Crippen molar-refractivity contribution in [2.75, 3.05) is 27.2 Å². The van der Waals surface area contributed by atoms with Crippen LogP contribution < -0.4 is 4.74 Å². The fraction of sp³-hybridized carbons (Fsp3) is 0.300. The SMILES string of the molecule is COc1ccccc1CCN(C)CCc1nc(-c2cccc(Cl)c2)no1. The Labute approximate surface area is 158 Å². The lowest BCUT2D eigenvalue weighted by molar-refractivity contribution is 0.310. The number of ether oxygens (including phenoxy) is 1. The summed E-state index contributed by atoms with van der Waals surface area (Å²) in [6, 6.07) is 15.6. The lowest BCUT2D eigenvalue weighted by Gasteiger charge is -2.16. The van der Waals surface area contributed by atoms with E-state index in [-0.39, 0.29) is 0 Å². The molecule has 0 N–H and O–H groups in total. The van der Waals surface area contributed by atoms with E-state index in [4.69, 9.17) is 20.9 Å². The van der Waals surface area contributed by atoms with Crippen LogP contribution in [0.1, 0.15) is 11.5 Å². The molecule has 0 spiro atoms. The molecule has 0 aliphatic carbocycles. The van der Waals surface area contributed by atoms with Gasteiger partial charge in [-0.15, -0.1) is 0 Å². The van der Waals surface area contributed by atoms with Gasteiger partial charge in [0.2, 0.25) is 11.7 Å². The van der Waals surface area contributed by atoms with Crippen LogP contribution in [0.4, 0.5) is 0 Å². The third kappa shape index (κ3) is 4.84. The monoisotopic (exact) mass is 371 g/mol. The van der Waals surface area contributed by atoms with Crippen LogP contribution >= 0.6 is 11.6 Å².